The first-order valence-electron chi connectivity index (χ1n) is 2.70. The maximum Gasteiger partial charge on any atom is 0.506 e. The third kappa shape index (κ3) is 5.88. The number of halogens is 1. The van der Waals surface area contributed by atoms with Crippen LogP contribution < -0.4 is 0 Å². The molecular weight excluding hydrogens is 235 g/mol. The quantitative estimate of drug-likeness (QED) is 0.470. The van der Waals surface area contributed by atoms with Gasteiger partial charge in [0.15, 0.2) is 4.11 Å². The molecule has 0 aliphatic heterocycles. The summed E-state index contributed by atoms with van der Waals surface area (Å²) in [6.07, 6.45) is 0.538. The van der Waals surface area contributed by atoms with Crippen LogP contribution in [0.4, 0.5) is 4.79 Å². The first-order chi connectivity index (χ1) is 4.16. The Morgan fingerprint density at radius 1 is 1.89 bits per heavy atom. The topological polar surface area (TPSA) is 46.5 Å². The van der Waals surface area contributed by atoms with E-state index in [2.05, 4.69) is 4.74 Å². The molecule has 9 heavy (non-hydrogen) atoms. The lowest BCUT2D eigenvalue weighted by molar-refractivity contribution is 0.0845. The highest BCUT2D eigenvalue weighted by Gasteiger charge is 2.05. The van der Waals surface area contributed by atoms with Crippen molar-refractivity contribution in [2.75, 3.05) is 0 Å². The van der Waals surface area contributed by atoms with Crippen molar-refractivity contribution in [2.24, 2.45) is 0 Å². The summed E-state index contributed by atoms with van der Waals surface area (Å²) in [6.45, 7) is 1.98. The second-order valence-electron chi connectivity index (χ2n) is 1.58. The van der Waals surface area contributed by atoms with Crippen LogP contribution in [0.25, 0.3) is 0 Å². The fourth-order valence-electron chi connectivity index (χ4n) is 0.395. The molecular formula is C5H9IO3. The molecule has 1 unspecified atom stereocenters. The highest BCUT2D eigenvalue weighted by molar-refractivity contribution is 14.1. The summed E-state index contributed by atoms with van der Waals surface area (Å²) < 4.78 is 4.20. The molecule has 0 aliphatic carbocycles. The molecule has 0 radical (unpaired) electrons. The Morgan fingerprint density at radius 3 is 2.78 bits per heavy atom. The molecule has 0 heterocycles. The molecule has 0 aromatic rings. The van der Waals surface area contributed by atoms with Crippen molar-refractivity contribution in [3.05, 3.63) is 0 Å². The molecule has 0 fully saturated rings. The number of hydrogen-bond acceptors (Lipinski definition) is 2. The number of carbonyl (C=O) groups is 1. The Labute approximate surface area is 67.5 Å². The van der Waals surface area contributed by atoms with Crippen molar-refractivity contribution in [2.45, 2.75) is 23.9 Å². The molecule has 0 saturated carbocycles. The summed E-state index contributed by atoms with van der Waals surface area (Å²) in [5.41, 5.74) is 0. The summed E-state index contributed by atoms with van der Waals surface area (Å²) in [5.74, 6) is 0. The summed E-state index contributed by atoms with van der Waals surface area (Å²) in [5, 5.41) is 8.08. The van der Waals surface area contributed by atoms with Crippen molar-refractivity contribution < 1.29 is 14.6 Å². The standard InChI is InChI=1S/C5H9IO3/c1-2-3-4(6)9-5(7)8/h4H,2-3H2,1H3,(H,7,8). The Hall–Kier alpha value is 0. The molecule has 1 atom stereocenters. The molecule has 0 saturated heterocycles. The SMILES string of the molecule is CCCC(I)OC(=O)O. The van der Waals surface area contributed by atoms with Crippen LogP contribution in [-0.4, -0.2) is 15.4 Å². The number of alkyl halides is 1. The van der Waals surface area contributed by atoms with E-state index in [-0.39, 0.29) is 4.11 Å². The van der Waals surface area contributed by atoms with Gasteiger partial charge in [-0.2, -0.15) is 0 Å². The van der Waals surface area contributed by atoms with E-state index < -0.39 is 6.16 Å². The van der Waals surface area contributed by atoms with Gasteiger partial charge in [-0.1, -0.05) is 13.3 Å². The summed E-state index contributed by atoms with van der Waals surface area (Å²) in [6, 6.07) is 0. The minimum atomic E-state index is -1.19. The Bertz CT molecular complexity index is 94.2. The Morgan fingerprint density at radius 2 is 2.44 bits per heavy atom. The van der Waals surface area contributed by atoms with Gasteiger partial charge < -0.3 is 9.84 Å². The maximum atomic E-state index is 9.86. The Kier molecular flexibility index (Phi) is 4.84. The normalized spacial score (nSPS) is 12.7. The lowest BCUT2D eigenvalue weighted by Crippen LogP contribution is -2.08. The van der Waals surface area contributed by atoms with Gasteiger partial charge >= 0.3 is 6.16 Å². The van der Waals surface area contributed by atoms with E-state index in [9.17, 15) is 4.79 Å². The molecule has 0 amide bonds. The maximum absolute atomic E-state index is 9.86. The van der Waals surface area contributed by atoms with Crippen LogP contribution in [-0.2, 0) is 4.74 Å². The second kappa shape index (κ2) is 4.84. The van der Waals surface area contributed by atoms with E-state index in [0.29, 0.717) is 0 Å². The lowest BCUT2D eigenvalue weighted by Gasteiger charge is -2.05. The van der Waals surface area contributed by atoms with Gasteiger partial charge in [0.05, 0.1) is 0 Å². The predicted octanol–water partition coefficient (Wildman–Crippen LogP) is 2.24. The third-order valence-corrected chi connectivity index (χ3v) is 1.62. The minimum absolute atomic E-state index is 0.190. The highest BCUT2D eigenvalue weighted by atomic mass is 127. The van der Waals surface area contributed by atoms with Crippen LogP contribution in [0.3, 0.4) is 0 Å². The van der Waals surface area contributed by atoms with E-state index in [1.54, 1.807) is 0 Å². The van der Waals surface area contributed by atoms with Gasteiger partial charge in [-0.25, -0.2) is 4.79 Å². The molecule has 0 spiro atoms. The molecule has 0 rings (SSSR count). The fourth-order valence-corrected chi connectivity index (χ4v) is 1.24. The van der Waals surface area contributed by atoms with E-state index in [0.717, 1.165) is 12.8 Å². The van der Waals surface area contributed by atoms with Crippen LogP contribution in [0, 0.1) is 0 Å². The van der Waals surface area contributed by atoms with Crippen molar-refractivity contribution in [1.29, 1.82) is 0 Å². The summed E-state index contributed by atoms with van der Waals surface area (Å²) in [4.78, 5) is 9.86. The van der Waals surface area contributed by atoms with Crippen LogP contribution in [0.15, 0.2) is 0 Å². The third-order valence-electron chi connectivity index (χ3n) is 0.744. The average molecular weight is 244 g/mol. The molecule has 0 aromatic heterocycles. The zero-order chi connectivity index (χ0) is 7.28. The zero-order valence-electron chi connectivity index (χ0n) is 5.13. The van der Waals surface area contributed by atoms with Crippen molar-refractivity contribution in [3.8, 4) is 0 Å². The van der Waals surface area contributed by atoms with Gasteiger partial charge in [0.2, 0.25) is 0 Å². The fraction of sp³-hybridized carbons (Fsp3) is 0.800. The zero-order valence-corrected chi connectivity index (χ0v) is 7.29. The van der Waals surface area contributed by atoms with E-state index in [4.69, 9.17) is 5.11 Å². The molecule has 0 aliphatic rings. The van der Waals surface area contributed by atoms with Crippen LogP contribution in [0.2, 0.25) is 0 Å². The predicted molar refractivity (Wildman–Crippen MR) is 41.8 cm³/mol. The van der Waals surface area contributed by atoms with Gasteiger partial charge in [0.1, 0.15) is 0 Å². The average Bonchev–Trinajstić information content (AvgIpc) is 1.63. The smallest absolute Gasteiger partial charge is 0.450 e. The number of carboxylic acid groups (broad SMARTS) is 1. The highest BCUT2D eigenvalue weighted by Crippen LogP contribution is 2.09. The van der Waals surface area contributed by atoms with E-state index in [1.807, 2.05) is 29.5 Å². The number of ether oxygens (including phenoxy) is 1. The van der Waals surface area contributed by atoms with Gasteiger partial charge in [0, 0.05) is 0 Å². The van der Waals surface area contributed by atoms with Gasteiger partial charge in [-0.3, -0.25) is 0 Å². The monoisotopic (exact) mass is 244 g/mol. The van der Waals surface area contributed by atoms with Gasteiger partial charge in [-0.05, 0) is 29.0 Å². The van der Waals surface area contributed by atoms with Crippen molar-refractivity contribution >= 4 is 28.7 Å². The summed E-state index contributed by atoms with van der Waals surface area (Å²) >= 11 is 1.95. The molecule has 0 bridgehead atoms. The van der Waals surface area contributed by atoms with Gasteiger partial charge in [-0.15, -0.1) is 0 Å². The molecule has 3 nitrogen and oxygen atoms in total. The first-order valence-corrected chi connectivity index (χ1v) is 3.95. The van der Waals surface area contributed by atoms with Crippen molar-refractivity contribution in [1.82, 2.24) is 0 Å². The van der Waals surface area contributed by atoms with E-state index >= 15 is 0 Å². The number of rotatable bonds is 3. The van der Waals surface area contributed by atoms with Crippen LogP contribution >= 0.6 is 22.6 Å². The minimum Gasteiger partial charge on any atom is -0.450 e. The second-order valence-corrected chi connectivity index (χ2v) is 2.97. The Balaban J connectivity index is 3.26. The molecule has 0 aromatic carbocycles. The van der Waals surface area contributed by atoms with E-state index in [1.165, 1.54) is 0 Å². The number of hydrogen-bond donors (Lipinski definition) is 1. The molecule has 54 valence electrons. The van der Waals surface area contributed by atoms with Crippen LogP contribution in [0.5, 0.6) is 0 Å². The summed E-state index contributed by atoms with van der Waals surface area (Å²) in [7, 11) is 0. The van der Waals surface area contributed by atoms with Gasteiger partial charge in [0.25, 0.3) is 0 Å². The molecule has 1 N–H and O–H groups in total. The van der Waals surface area contributed by atoms with Crippen LogP contribution in [0.1, 0.15) is 19.8 Å². The molecule has 4 heteroatoms. The first kappa shape index (κ1) is 9.00. The van der Waals surface area contributed by atoms with Crippen molar-refractivity contribution in [3.63, 3.8) is 0 Å². The lowest BCUT2D eigenvalue weighted by atomic mass is 10.4. The largest absolute Gasteiger partial charge is 0.506 e.